The number of anilines is 1. The van der Waals surface area contributed by atoms with Crippen LogP contribution in [-0.2, 0) is 4.74 Å². The second-order valence-corrected chi connectivity index (χ2v) is 6.42. The molecule has 0 fully saturated rings. The van der Waals surface area contributed by atoms with Crippen LogP contribution in [0.25, 0.3) is 0 Å². The van der Waals surface area contributed by atoms with E-state index in [1.54, 1.807) is 25.1 Å². The molecule has 160 valence electrons. The Bertz CT molecular complexity index is 1110. The van der Waals surface area contributed by atoms with Crippen molar-refractivity contribution in [2.75, 3.05) is 18.6 Å². The van der Waals surface area contributed by atoms with E-state index in [0.717, 1.165) is 11.6 Å². The summed E-state index contributed by atoms with van der Waals surface area (Å²) >= 11 is 0. The van der Waals surface area contributed by atoms with Crippen molar-refractivity contribution in [1.82, 2.24) is 0 Å². The number of furan rings is 1. The first-order valence-electron chi connectivity index (χ1n) is 9.18. The summed E-state index contributed by atoms with van der Waals surface area (Å²) in [6.45, 7) is 0.827. The summed E-state index contributed by atoms with van der Waals surface area (Å²) in [6, 6.07) is 11.4. The van der Waals surface area contributed by atoms with E-state index < -0.39 is 24.3 Å². The molecule has 0 bridgehead atoms. The molecule has 0 aliphatic rings. The van der Waals surface area contributed by atoms with Gasteiger partial charge in [0.1, 0.15) is 24.8 Å². The van der Waals surface area contributed by atoms with Gasteiger partial charge in [0.05, 0.1) is 17.5 Å². The first-order chi connectivity index (χ1) is 14.9. The van der Waals surface area contributed by atoms with Crippen molar-refractivity contribution in [3.63, 3.8) is 0 Å². The smallest absolute Gasteiger partial charge is 0.259 e. The zero-order valence-corrected chi connectivity index (χ0v) is 16.5. The van der Waals surface area contributed by atoms with Crippen LogP contribution < -0.4 is 10.1 Å². The lowest BCUT2D eigenvalue weighted by molar-refractivity contribution is 0.102. The monoisotopic (exact) mass is 427 g/mol. The number of carbonyl (C=O) groups excluding carboxylic acids is 1. The largest absolute Gasteiger partial charge is 0.490 e. The summed E-state index contributed by atoms with van der Waals surface area (Å²) < 4.78 is 42.2. The van der Waals surface area contributed by atoms with Crippen LogP contribution in [0.4, 0.5) is 14.5 Å². The van der Waals surface area contributed by atoms with Crippen LogP contribution in [0.1, 0.15) is 27.2 Å². The molecule has 0 aliphatic carbocycles. The third-order valence-corrected chi connectivity index (χ3v) is 4.14. The molecule has 3 aromatic rings. The van der Waals surface area contributed by atoms with Crippen LogP contribution in [0.15, 0.2) is 59.2 Å². The van der Waals surface area contributed by atoms with Gasteiger partial charge in [-0.15, -0.1) is 0 Å². The Morgan fingerprint density at radius 3 is 2.65 bits per heavy atom. The van der Waals surface area contributed by atoms with Crippen molar-refractivity contribution < 1.29 is 27.5 Å². The van der Waals surface area contributed by atoms with E-state index in [1.165, 1.54) is 30.5 Å². The first-order valence-corrected chi connectivity index (χ1v) is 9.18. The van der Waals surface area contributed by atoms with Crippen LogP contribution >= 0.6 is 0 Å². The maximum atomic E-state index is 14.3. The number of carbonyl (C=O) groups is 1. The molecule has 0 unspecified atom stereocenters. The molecule has 0 aliphatic heterocycles. The van der Waals surface area contributed by atoms with Gasteiger partial charge in [-0.1, -0.05) is 11.6 Å². The maximum absolute atomic E-state index is 14.3. The fourth-order valence-corrected chi connectivity index (χ4v) is 2.67. The number of hydrogen-bond acceptors (Lipinski definition) is 6. The molecule has 3 N–H and O–H groups in total. The van der Waals surface area contributed by atoms with Crippen LogP contribution in [0.3, 0.4) is 0 Å². The van der Waals surface area contributed by atoms with Gasteiger partial charge in [-0.3, -0.25) is 15.6 Å². The summed E-state index contributed by atoms with van der Waals surface area (Å²) in [6.07, 6.45) is 1.36. The van der Waals surface area contributed by atoms with E-state index in [9.17, 15) is 13.6 Å². The SMILES string of the molecule is Cc1ccc(OCCF)c(C(=O)Nc2cc(C(=N)OC(=N)c3ccco3)ccc2F)c1. The van der Waals surface area contributed by atoms with Gasteiger partial charge in [0, 0.05) is 5.56 Å². The molecule has 2 aromatic carbocycles. The van der Waals surface area contributed by atoms with E-state index in [4.69, 9.17) is 24.7 Å². The normalized spacial score (nSPS) is 10.4. The van der Waals surface area contributed by atoms with Gasteiger partial charge in [0.2, 0.25) is 5.90 Å². The van der Waals surface area contributed by atoms with E-state index >= 15 is 0 Å². The predicted molar refractivity (Wildman–Crippen MR) is 110 cm³/mol. The molecular weight excluding hydrogens is 408 g/mol. The lowest BCUT2D eigenvalue weighted by Crippen LogP contribution is -2.17. The number of aryl methyl sites for hydroxylation is 1. The minimum atomic E-state index is -0.732. The van der Waals surface area contributed by atoms with Crippen molar-refractivity contribution in [3.8, 4) is 5.75 Å². The zero-order valence-electron chi connectivity index (χ0n) is 16.5. The van der Waals surface area contributed by atoms with Crippen LogP contribution in [0.2, 0.25) is 0 Å². The van der Waals surface area contributed by atoms with Crippen molar-refractivity contribution in [2.24, 2.45) is 0 Å². The van der Waals surface area contributed by atoms with E-state index in [1.807, 2.05) is 0 Å². The summed E-state index contributed by atoms with van der Waals surface area (Å²) in [5, 5.41) is 18.3. The molecule has 9 heteroatoms. The fraction of sp³-hybridized carbons (Fsp3) is 0.136. The number of ether oxygens (including phenoxy) is 2. The van der Waals surface area contributed by atoms with Gasteiger partial charge in [-0.05, 0) is 49.4 Å². The van der Waals surface area contributed by atoms with Gasteiger partial charge in [-0.25, -0.2) is 8.78 Å². The number of nitrogens with one attached hydrogen (secondary N) is 3. The minimum absolute atomic E-state index is 0.115. The van der Waals surface area contributed by atoms with Gasteiger partial charge in [-0.2, -0.15) is 0 Å². The molecule has 1 aromatic heterocycles. The molecule has 3 rings (SSSR count). The van der Waals surface area contributed by atoms with Crippen molar-refractivity contribution in [3.05, 3.63) is 83.1 Å². The Balaban J connectivity index is 1.79. The Kier molecular flexibility index (Phi) is 6.76. The van der Waals surface area contributed by atoms with Crippen molar-refractivity contribution in [1.29, 1.82) is 10.8 Å². The molecule has 31 heavy (non-hydrogen) atoms. The maximum Gasteiger partial charge on any atom is 0.259 e. The van der Waals surface area contributed by atoms with Gasteiger partial charge < -0.3 is 19.2 Å². The van der Waals surface area contributed by atoms with Gasteiger partial charge in [0.25, 0.3) is 11.8 Å². The third kappa shape index (κ3) is 5.33. The molecular formula is C22H19F2N3O4. The van der Waals surface area contributed by atoms with Gasteiger partial charge >= 0.3 is 0 Å². The fourth-order valence-electron chi connectivity index (χ4n) is 2.67. The van der Waals surface area contributed by atoms with Crippen molar-refractivity contribution >= 4 is 23.4 Å². The summed E-state index contributed by atoms with van der Waals surface area (Å²) in [5.74, 6) is -1.92. The summed E-state index contributed by atoms with van der Waals surface area (Å²) in [4.78, 5) is 12.7. The minimum Gasteiger partial charge on any atom is -0.490 e. The van der Waals surface area contributed by atoms with Crippen LogP contribution in [0.5, 0.6) is 5.75 Å². The molecule has 1 heterocycles. The highest BCUT2D eigenvalue weighted by atomic mass is 19.1. The molecule has 0 saturated carbocycles. The quantitative estimate of drug-likeness (QED) is 0.375. The number of benzene rings is 2. The molecule has 7 nitrogen and oxygen atoms in total. The van der Waals surface area contributed by atoms with E-state index in [0.29, 0.717) is 0 Å². The Hall–Kier alpha value is -4.01. The Morgan fingerprint density at radius 1 is 1.13 bits per heavy atom. The van der Waals surface area contributed by atoms with Crippen LogP contribution in [0, 0.1) is 23.6 Å². The summed E-state index contributed by atoms with van der Waals surface area (Å²) in [5.41, 5.74) is 0.812. The predicted octanol–water partition coefficient (Wildman–Crippen LogP) is 4.70. The number of halogens is 2. The number of rotatable bonds is 7. The Morgan fingerprint density at radius 2 is 1.94 bits per heavy atom. The third-order valence-electron chi connectivity index (χ3n) is 4.14. The highest BCUT2D eigenvalue weighted by Gasteiger charge is 2.17. The Labute approximate surface area is 176 Å². The topological polar surface area (TPSA) is 108 Å². The average molecular weight is 427 g/mol. The second kappa shape index (κ2) is 9.66. The zero-order chi connectivity index (χ0) is 22.4. The first kappa shape index (κ1) is 21.7. The number of alkyl halides is 1. The highest BCUT2D eigenvalue weighted by molar-refractivity contribution is 6.08. The number of amides is 1. The van der Waals surface area contributed by atoms with Crippen molar-refractivity contribution in [2.45, 2.75) is 6.92 Å². The van der Waals surface area contributed by atoms with Crippen LogP contribution in [-0.4, -0.2) is 31.0 Å². The molecule has 0 radical (unpaired) electrons. The van der Waals surface area contributed by atoms with Gasteiger partial charge in [0.15, 0.2) is 5.76 Å². The molecule has 1 amide bonds. The lowest BCUT2D eigenvalue weighted by atomic mass is 10.1. The molecule has 0 saturated heterocycles. The second-order valence-electron chi connectivity index (χ2n) is 6.42. The number of hydrogen-bond donors (Lipinski definition) is 3. The molecule has 0 spiro atoms. The van der Waals surface area contributed by atoms with E-state index in [-0.39, 0.29) is 40.8 Å². The standard InChI is InChI=1S/C22H19F2N3O4/c1-13-4-7-18(30-10-8-23)15(11-13)22(28)27-17-12-14(5-6-16(17)24)20(25)31-21(26)19-3-2-9-29-19/h2-7,9,11-12,25-26H,8,10H2,1H3,(H,27,28). The average Bonchev–Trinajstić information content (AvgIpc) is 3.29. The summed E-state index contributed by atoms with van der Waals surface area (Å²) in [7, 11) is 0. The highest BCUT2D eigenvalue weighted by Crippen LogP contribution is 2.24. The molecule has 0 atom stereocenters. The van der Waals surface area contributed by atoms with E-state index in [2.05, 4.69) is 5.32 Å². The lowest BCUT2D eigenvalue weighted by Gasteiger charge is -2.13.